The molecule has 0 atom stereocenters. The van der Waals surface area contributed by atoms with E-state index in [-0.39, 0.29) is 11.9 Å². The van der Waals surface area contributed by atoms with Gasteiger partial charge in [0.15, 0.2) is 0 Å². The van der Waals surface area contributed by atoms with Gasteiger partial charge in [-0.15, -0.1) is 0 Å². The molecule has 0 unspecified atom stereocenters. The predicted molar refractivity (Wildman–Crippen MR) is 56.3 cm³/mol. The molecule has 0 aliphatic heterocycles. The van der Waals surface area contributed by atoms with Crippen LogP contribution in [0.5, 0.6) is 0 Å². The van der Waals surface area contributed by atoms with Gasteiger partial charge in [-0.2, -0.15) is 0 Å². The van der Waals surface area contributed by atoms with E-state index < -0.39 is 0 Å². The average molecular weight is 214 g/mol. The molecule has 0 N–H and O–H groups in total. The highest BCUT2D eigenvalue weighted by atomic mass is 16.5. The van der Waals surface area contributed by atoms with Crippen molar-refractivity contribution in [3.63, 3.8) is 0 Å². The van der Waals surface area contributed by atoms with Crippen molar-refractivity contribution in [1.82, 2.24) is 0 Å². The number of hydrogen-bond acceptors (Lipinski definition) is 4. The predicted octanol–water partition coefficient (Wildman–Crippen LogP) is 1.84. The van der Waals surface area contributed by atoms with E-state index in [9.17, 15) is 9.59 Å². The molecule has 0 saturated heterocycles. The van der Waals surface area contributed by atoms with Gasteiger partial charge >= 0.3 is 11.9 Å². The topological polar surface area (TPSA) is 52.6 Å². The standard InChI is InChI=1S/C11H18O4/c1-9(6-8-15-11(3)13)5-4-7-14-10(2)12/h6H,4-5,7-8H2,1-3H3/b9-6+. The summed E-state index contributed by atoms with van der Waals surface area (Å²) in [4.78, 5) is 20.9. The molecule has 0 aromatic carbocycles. The van der Waals surface area contributed by atoms with Crippen LogP contribution in [0.4, 0.5) is 0 Å². The summed E-state index contributed by atoms with van der Waals surface area (Å²) in [6.45, 7) is 5.48. The summed E-state index contributed by atoms with van der Waals surface area (Å²) >= 11 is 0. The number of allylic oxidation sites excluding steroid dienone is 1. The zero-order chi connectivity index (χ0) is 11.7. The zero-order valence-electron chi connectivity index (χ0n) is 9.54. The molecule has 0 saturated carbocycles. The van der Waals surface area contributed by atoms with Crippen LogP contribution < -0.4 is 0 Å². The van der Waals surface area contributed by atoms with Crippen LogP contribution >= 0.6 is 0 Å². The summed E-state index contributed by atoms with van der Waals surface area (Å²) in [5.41, 5.74) is 1.13. The number of rotatable bonds is 6. The van der Waals surface area contributed by atoms with Gasteiger partial charge < -0.3 is 9.47 Å². The van der Waals surface area contributed by atoms with E-state index in [1.165, 1.54) is 13.8 Å². The maximum absolute atomic E-state index is 10.5. The summed E-state index contributed by atoms with van der Waals surface area (Å²) in [5, 5.41) is 0. The highest BCUT2D eigenvalue weighted by Gasteiger charge is 1.95. The first-order chi connectivity index (χ1) is 7.02. The molecule has 0 aliphatic rings. The Morgan fingerprint density at radius 2 is 1.67 bits per heavy atom. The first-order valence-electron chi connectivity index (χ1n) is 4.94. The van der Waals surface area contributed by atoms with Gasteiger partial charge in [-0.3, -0.25) is 9.59 Å². The van der Waals surface area contributed by atoms with Crippen LogP contribution in [0, 0.1) is 0 Å². The summed E-state index contributed by atoms with van der Waals surface area (Å²) in [5.74, 6) is -0.532. The number of ether oxygens (including phenoxy) is 2. The van der Waals surface area contributed by atoms with Crippen LogP contribution in [0.15, 0.2) is 11.6 Å². The van der Waals surface area contributed by atoms with E-state index in [1.807, 2.05) is 13.0 Å². The molecule has 0 radical (unpaired) electrons. The Balaban J connectivity index is 3.50. The molecule has 0 heterocycles. The highest BCUT2D eigenvalue weighted by Crippen LogP contribution is 2.03. The Hall–Kier alpha value is -1.32. The quantitative estimate of drug-likeness (QED) is 0.384. The lowest BCUT2D eigenvalue weighted by Crippen LogP contribution is -2.01. The van der Waals surface area contributed by atoms with Crippen molar-refractivity contribution in [3.8, 4) is 0 Å². The molecule has 0 aromatic rings. The van der Waals surface area contributed by atoms with Crippen molar-refractivity contribution in [1.29, 1.82) is 0 Å². The second kappa shape index (κ2) is 8.03. The van der Waals surface area contributed by atoms with Crippen molar-refractivity contribution in [2.45, 2.75) is 33.6 Å². The van der Waals surface area contributed by atoms with Crippen molar-refractivity contribution >= 4 is 11.9 Å². The Morgan fingerprint density at radius 3 is 2.20 bits per heavy atom. The molecule has 0 bridgehead atoms. The Morgan fingerprint density at radius 1 is 1.07 bits per heavy atom. The fourth-order valence-electron chi connectivity index (χ4n) is 0.970. The number of carbonyl (C=O) groups is 2. The molecule has 4 heteroatoms. The van der Waals surface area contributed by atoms with Gasteiger partial charge in [0.05, 0.1) is 6.61 Å². The van der Waals surface area contributed by atoms with Gasteiger partial charge in [0.1, 0.15) is 6.61 Å². The minimum absolute atomic E-state index is 0.253. The normalized spacial score (nSPS) is 11.0. The van der Waals surface area contributed by atoms with Crippen LogP contribution in [0.25, 0.3) is 0 Å². The van der Waals surface area contributed by atoms with Crippen LogP contribution in [-0.4, -0.2) is 25.2 Å². The van der Waals surface area contributed by atoms with Gasteiger partial charge in [-0.1, -0.05) is 5.57 Å². The lowest BCUT2D eigenvalue weighted by Gasteiger charge is -2.03. The smallest absolute Gasteiger partial charge is 0.302 e. The summed E-state index contributed by atoms with van der Waals surface area (Å²) in [7, 11) is 0. The lowest BCUT2D eigenvalue weighted by molar-refractivity contribution is -0.141. The van der Waals surface area contributed by atoms with Gasteiger partial charge in [0, 0.05) is 13.8 Å². The molecule has 0 rings (SSSR count). The highest BCUT2D eigenvalue weighted by molar-refractivity contribution is 5.66. The van der Waals surface area contributed by atoms with Crippen LogP contribution in [-0.2, 0) is 19.1 Å². The fraction of sp³-hybridized carbons (Fsp3) is 0.636. The first-order valence-corrected chi connectivity index (χ1v) is 4.94. The van der Waals surface area contributed by atoms with Gasteiger partial charge in [0.2, 0.25) is 0 Å². The fourth-order valence-corrected chi connectivity index (χ4v) is 0.970. The van der Waals surface area contributed by atoms with Crippen molar-refractivity contribution < 1.29 is 19.1 Å². The largest absolute Gasteiger partial charge is 0.466 e. The molecular formula is C11H18O4. The molecule has 0 fully saturated rings. The first kappa shape index (κ1) is 13.7. The molecule has 86 valence electrons. The van der Waals surface area contributed by atoms with Crippen molar-refractivity contribution in [2.24, 2.45) is 0 Å². The maximum Gasteiger partial charge on any atom is 0.302 e. The Kier molecular flexibility index (Phi) is 7.32. The third kappa shape index (κ3) is 10.6. The summed E-state index contributed by atoms with van der Waals surface area (Å²) in [6, 6.07) is 0. The van der Waals surface area contributed by atoms with E-state index in [2.05, 4.69) is 0 Å². The average Bonchev–Trinajstić information content (AvgIpc) is 2.11. The van der Waals surface area contributed by atoms with Crippen LogP contribution in [0.1, 0.15) is 33.6 Å². The lowest BCUT2D eigenvalue weighted by atomic mass is 10.1. The maximum atomic E-state index is 10.5. The number of hydrogen-bond donors (Lipinski definition) is 0. The van der Waals surface area contributed by atoms with Gasteiger partial charge in [-0.05, 0) is 25.8 Å². The molecule has 0 aromatic heterocycles. The van der Waals surface area contributed by atoms with E-state index in [0.29, 0.717) is 13.2 Å². The molecule has 0 amide bonds. The molecule has 15 heavy (non-hydrogen) atoms. The van der Waals surface area contributed by atoms with E-state index in [1.54, 1.807) is 0 Å². The van der Waals surface area contributed by atoms with Crippen LogP contribution in [0.2, 0.25) is 0 Å². The van der Waals surface area contributed by atoms with E-state index >= 15 is 0 Å². The number of esters is 2. The Labute approximate surface area is 90.2 Å². The van der Waals surface area contributed by atoms with E-state index in [4.69, 9.17) is 9.47 Å². The SMILES string of the molecule is CC(=O)OC/C=C(\C)CCCOC(C)=O. The minimum atomic E-state index is -0.279. The van der Waals surface area contributed by atoms with E-state index in [0.717, 1.165) is 18.4 Å². The molecular weight excluding hydrogens is 196 g/mol. The second-order valence-corrected chi connectivity index (χ2v) is 3.30. The third-order valence-electron chi connectivity index (χ3n) is 1.74. The minimum Gasteiger partial charge on any atom is -0.466 e. The Bertz CT molecular complexity index is 243. The molecule has 0 spiro atoms. The molecule has 4 nitrogen and oxygen atoms in total. The summed E-state index contributed by atoms with van der Waals surface area (Å²) < 4.78 is 9.54. The second-order valence-electron chi connectivity index (χ2n) is 3.30. The monoisotopic (exact) mass is 214 g/mol. The third-order valence-corrected chi connectivity index (χ3v) is 1.74. The van der Waals surface area contributed by atoms with Crippen molar-refractivity contribution in [2.75, 3.05) is 13.2 Å². The summed E-state index contributed by atoms with van der Waals surface area (Å²) in [6.07, 6.45) is 3.49. The number of carbonyl (C=O) groups excluding carboxylic acids is 2. The van der Waals surface area contributed by atoms with Crippen LogP contribution in [0.3, 0.4) is 0 Å². The molecule has 0 aliphatic carbocycles. The van der Waals surface area contributed by atoms with Gasteiger partial charge in [-0.25, -0.2) is 0 Å². The zero-order valence-corrected chi connectivity index (χ0v) is 9.54. The van der Waals surface area contributed by atoms with Crippen molar-refractivity contribution in [3.05, 3.63) is 11.6 Å². The van der Waals surface area contributed by atoms with Gasteiger partial charge in [0.25, 0.3) is 0 Å².